The van der Waals surface area contributed by atoms with Gasteiger partial charge >= 0.3 is 0 Å². The summed E-state index contributed by atoms with van der Waals surface area (Å²) in [6, 6.07) is 12.4. The summed E-state index contributed by atoms with van der Waals surface area (Å²) in [4.78, 5) is 0. The third kappa shape index (κ3) is 6.42. The van der Waals surface area contributed by atoms with E-state index in [1.54, 1.807) is 7.11 Å². The lowest BCUT2D eigenvalue weighted by Crippen LogP contribution is -2.54. The summed E-state index contributed by atoms with van der Waals surface area (Å²) < 4.78 is 23.4. The topological polar surface area (TPSA) is 118 Å². The van der Waals surface area contributed by atoms with E-state index in [2.05, 4.69) is 45.0 Å². The van der Waals surface area contributed by atoms with Crippen molar-refractivity contribution >= 4 is 0 Å². The molecule has 7 atom stereocenters. The van der Waals surface area contributed by atoms with Crippen molar-refractivity contribution in [1.82, 2.24) is 0 Å². The Kier molecular flexibility index (Phi) is 9.26. The zero-order chi connectivity index (χ0) is 28.5. The van der Waals surface area contributed by atoms with E-state index in [-0.39, 0.29) is 49.1 Å². The first-order chi connectivity index (χ1) is 18.4. The molecule has 4 rings (SSSR count). The molecule has 2 aromatic carbocycles. The van der Waals surface area contributed by atoms with Crippen LogP contribution in [0.2, 0.25) is 0 Å². The van der Waals surface area contributed by atoms with Gasteiger partial charge in [-0.05, 0) is 78.0 Å². The van der Waals surface area contributed by atoms with Crippen LogP contribution in [0.25, 0.3) is 0 Å². The van der Waals surface area contributed by atoms with Crippen molar-refractivity contribution in [2.45, 2.75) is 83.1 Å². The molecule has 8 heteroatoms. The van der Waals surface area contributed by atoms with Gasteiger partial charge in [0, 0.05) is 12.5 Å². The van der Waals surface area contributed by atoms with Crippen LogP contribution in [-0.2, 0) is 21.3 Å². The molecule has 0 unspecified atom stereocenters. The highest BCUT2D eigenvalue weighted by molar-refractivity contribution is 5.49. The molecular formula is C31H44O8. The molecule has 216 valence electrons. The molecule has 0 amide bonds. The van der Waals surface area contributed by atoms with Crippen LogP contribution >= 0.6 is 0 Å². The summed E-state index contributed by atoms with van der Waals surface area (Å²) in [7, 11) is 1.68. The monoisotopic (exact) mass is 544 g/mol. The second kappa shape index (κ2) is 12.1. The van der Waals surface area contributed by atoms with Crippen LogP contribution in [0.4, 0.5) is 0 Å². The first kappa shape index (κ1) is 29.8. The van der Waals surface area contributed by atoms with Crippen molar-refractivity contribution in [3.8, 4) is 11.5 Å². The van der Waals surface area contributed by atoms with Gasteiger partial charge in [-0.2, -0.15) is 0 Å². The van der Waals surface area contributed by atoms with E-state index in [1.165, 1.54) is 0 Å². The van der Waals surface area contributed by atoms with E-state index in [4.69, 9.17) is 18.9 Å². The molecule has 4 N–H and O–H groups in total. The Morgan fingerprint density at radius 3 is 2.41 bits per heavy atom. The highest BCUT2D eigenvalue weighted by Gasteiger charge is 2.42. The third-order valence-electron chi connectivity index (χ3n) is 7.87. The summed E-state index contributed by atoms with van der Waals surface area (Å²) in [5, 5.41) is 41.0. The second-order valence-electron chi connectivity index (χ2n) is 12.1. The number of fused-ring (bicyclic) bond motifs is 1. The SMILES string of the molecule is COc1ccc([C@@H]2c3cc(OC(C)C)ccc3C[C@H](CO)[C@H]2CO[C@@H]2OC[C@@H](O)[C@H](O)[C@H]2O)cc1C(C)(C)C. The minimum absolute atomic E-state index is 0.0228. The van der Waals surface area contributed by atoms with Gasteiger partial charge in [0.2, 0.25) is 0 Å². The lowest BCUT2D eigenvalue weighted by atomic mass is 9.66. The predicted molar refractivity (Wildman–Crippen MR) is 147 cm³/mol. The van der Waals surface area contributed by atoms with Gasteiger partial charge in [0.25, 0.3) is 0 Å². The largest absolute Gasteiger partial charge is 0.496 e. The molecule has 1 heterocycles. The normalized spacial score (nSPS) is 29.3. The fourth-order valence-corrected chi connectivity index (χ4v) is 5.83. The highest BCUT2D eigenvalue weighted by Crippen LogP contribution is 2.47. The van der Waals surface area contributed by atoms with E-state index in [0.29, 0.717) is 6.42 Å². The van der Waals surface area contributed by atoms with Gasteiger partial charge in [0.05, 0.1) is 26.4 Å². The Labute approximate surface area is 231 Å². The number of aliphatic hydroxyl groups excluding tert-OH is 4. The maximum atomic E-state index is 10.5. The number of methoxy groups -OCH3 is 1. The molecule has 2 aromatic rings. The van der Waals surface area contributed by atoms with E-state index >= 15 is 0 Å². The molecule has 1 saturated heterocycles. The molecule has 2 aliphatic rings. The highest BCUT2D eigenvalue weighted by atomic mass is 16.7. The summed E-state index contributed by atoms with van der Waals surface area (Å²) in [6.45, 7) is 10.4. The van der Waals surface area contributed by atoms with Gasteiger partial charge in [0.1, 0.15) is 29.8 Å². The standard InChI is InChI=1S/C31H44O8/c1-17(2)39-21-9-7-18-11-20(14-32)23(15-37-30-29(35)28(34)25(33)16-38-30)27(22(18)13-21)19-8-10-26(36-6)24(12-19)31(3,4)5/h7-10,12-13,17,20,23,25,27-30,32-35H,11,14-16H2,1-6H3/t20-,23-,25-,27-,28+,29-,30-/m1/s1. The molecule has 1 aliphatic heterocycles. The fourth-order valence-electron chi connectivity index (χ4n) is 5.83. The van der Waals surface area contributed by atoms with Gasteiger partial charge in [-0.3, -0.25) is 0 Å². The Hall–Kier alpha value is -2.20. The first-order valence-electron chi connectivity index (χ1n) is 13.8. The van der Waals surface area contributed by atoms with Crippen LogP contribution in [0, 0.1) is 11.8 Å². The Morgan fingerprint density at radius 2 is 1.77 bits per heavy atom. The van der Waals surface area contributed by atoms with E-state index in [9.17, 15) is 20.4 Å². The van der Waals surface area contributed by atoms with Crippen molar-refractivity contribution < 1.29 is 39.4 Å². The molecule has 0 radical (unpaired) electrons. The summed E-state index contributed by atoms with van der Waals surface area (Å²) in [5.74, 6) is 1.17. The number of rotatable bonds is 8. The first-order valence-corrected chi connectivity index (χ1v) is 13.8. The number of ether oxygens (including phenoxy) is 4. The maximum Gasteiger partial charge on any atom is 0.186 e. The third-order valence-corrected chi connectivity index (χ3v) is 7.87. The lowest BCUT2D eigenvalue weighted by Gasteiger charge is -2.41. The summed E-state index contributed by atoms with van der Waals surface area (Å²) in [6.07, 6.45) is -4.30. The Balaban J connectivity index is 1.78. The number of benzene rings is 2. The Morgan fingerprint density at radius 1 is 1.03 bits per heavy atom. The van der Waals surface area contributed by atoms with E-state index in [0.717, 1.165) is 33.8 Å². The van der Waals surface area contributed by atoms with E-state index in [1.807, 2.05) is 26.0 Å². The van der Waals surface area contributed by atoms with Gasteiger partial charge in [-0.15, -0.1) is 0 Å². The van der Waals surface area contributed by atoms with Gasteiger partial charge in [-0.25, -0.2) is 0 Å². The van der Waals surface area contributed by atoms with Crippen LogP contribution in [-0.4, -0.2) is 78.1 Å². The Bertz CT molecular complexity index is 1110. The molecule has 39 heavy (non-hydrogen) atoms. The molecule has 0 aromatic heterocycles. The predicted octanol–water partition coefficient (Wildman–Crippen LogP) is 3.15. The lowest BCUT2D eigenvalue weighted by molar-refractivity contribution is -0.274. The van der Waals surface area contributed by atoms with Crippen LogP contribution in [0.1, 0.15) is 62.8 Å². The van der Waals surface area contributed by atoms with Crippen LogP contribution < -0.4 is 9.47 Å². The zero-order valence-corrected chi connectivity index (χ0v) is 23.8. The number of hydrogen-bond acceptors (Lipinski definition) is 8. The van der Waals surface area contributed by atoms with Crippen molar-refractivity contribution in [3.63, 3.8) is 0 Å². The van der Waals surface area contributed by atoms with Gasteiger partial charge in [0.15, 0.2) is 6.29 Å². The van der Waals surface area contributed by atoms with Crippen molar-refractivity contribution in [2.75, 3.05) is 26.9 Å². The number of hydrogen-bond donors (Lipinski definition) is 4. The second-order valence-corrected chi connectivity index (χ2v) is 12.1. The smallest absolute Gasteiger partial charge is 0.186 e. The maximum absolute atomic E-state index is 10.5. The number of aliphatic hydroxyl groups is 4. The molecule has 1 fully saturated rings. The van der Waals surface area contributed by atoms with E-state index < -0.39 is 24.6 Å². The minimum atomic E-state index is -1.38. The average Bonchev–Trinajstić information content (AvgIpc) is 2.89. The van der Waals surface area contributed by atoms with Crippen LogP contribution in [0.15, 0.2) is 36.4 Å². The molecule has 1 aliphatic carbocycles. The zero-order valence-electron chi connectivity index (χ0n) is 23.8. The molecule has 0 spiro atoms. The molecule has 0 bridgehead atoms. The van der Waals surface area contributed by atoms with Crippen molar-refractivity contribution in [1.29, 1.82) is 0 Å². The van der Waals surface area contributed by atoms with Gasteiger partial charge < -0.3 is 39.4 Å². The van der Waals surface area contributed by atoms with Crippen LogP contribution in [0.3, 0.4) is 0 Å². The van der Waals surface area contributed by atoms with Crippen molar-refractivity contribution in [3.05, 3.63) is 58.7 Å². The minimum Gasteiger partial charge on any atom is -0.496 e. The summed E-state index contributed by atoms with van der Waals surface area (Å²) in [5.41, 5.74) is 4.23. The average molecular weight is 545 g/mol. The summed E-state index contributed by atoms with van der Waals surface area (Å²) >= 11 is 0. The van der Waals surface area contributed by atoms with Gasteiger partial charge in [-0.1, -0.05) is 39.0 Å². The molecule has 0 saturated carbocycles. The quantitative estimate of drug-likeness (QED) is 0.401. The molecule has 8 nitrogen and oxygen atoms in total. The van der Waals surface area contributed by atoms with Crippen molar-refractivity contribution in [2.24, 2.45) is 11.8 Å². The molecular weight excluding hydrogens is 500 g/mol. The fraction of sp³-hybridized carbons (Fsp3) is 0.613. The van der Waals surface area contributed by atoms with Crippen LogP contribution in [0.5, 0.6) is 11.5 Å².